The summed E-state index contributed by atoms with van der Waals surface area (Å²) in [4.78, 5) is 18.4. The third-order valence-electron chi connectivity index (χ3n) is 5.62. The Morgan fingerprint density at radius 3 is 2.78 bits per heavy atom. The Morgan fingerprint density at radius 2 is 2.00 bits per heavy atom. The summed E-state index contributed by atoms with van der Waals surface area (Å²) in [5.41, 5.74) is 11.8. The second-order valence-corrected chi connectivity index (χ2v) is 7.72. The molecule has 1 amide bonds. The average molecular weight is 381 g/mol. The van der Waals surface area contributed by atoms with E-state index in [1.807, 2.05) is 35.2 Å². The zero-order valence-corrected chi connectivity index (χ0v) is 15.6. The van der Waals surface area contributed by atoms with Crippen molar-refractivity contribution in [2.45, 2.75) is 25.4 Å². The monoisotopic (exact) mass is 380 g/mol. The number of fused-ring (bicyclic) bond motifs is 3. The van der Waals surface area contributed by atoms with Crippen molar-refractivity contribution in [3.63, 3.8) is 0 Å². The molecule has 6 heteroatoms. The van der Waals surface area contributed by atoms with Crippen LogP contribution in [0.15, 0.2) is 42.5 Å². The number of aromatic amines is 1. The number of amides is 1. The third kappa shape index (κ3) is 3.02. The van der Waals surface area contributed by atoms with E-state index in [9.17, 15) is 4.79 Å². The molecule has 27 heavy (non-hydrogen) atoms. The first-order valence-corrected chi connectivity index (χ1v) is 9.73. The Balaban J connectivity index is 1.38. The van der Waals surface area contributed by atoms with Gasteiger partial charge in [-0.3, -0.25) is 15.6 Å². The molecule has 0 bridgehead atoms. The zero-order valence-electron chi connectivity index (χ0n) is 14.9. The lowest BCUT2D eigenvalue weighted by Crippen LogP contribution is -2.35. The van der Waals surface area contributed by atoms with Crippen LogP contribution in [0.2, 0.25) is 5.02 Å². The molecule has 1 saturated heterocycles. The van der Waals surface area contributed by atoms with Gasteiger partial charge in [-0.25, -0.2) is 0 Å². The van der Waals surface area contributed by atoms with E-state index < -0.39 is 0 Å². The Morgan fingerprint density at radius 1 is 1.15 bits per heavy atom. The molecule has 0 saturated carbocycles. The Kier molecular flexibility index (Phi) is 4.16. The van der Waals surface area contributed by atoms with Gasteiger partial charge in [-0.05, 0) is 42.3 Å². The van der Waals surface area contributed by atoms with Crippen molar-refractivity contribution in [2.75, 3.05) is 13.1 Å². The summed E-state index contributed by atoms with van der Waals surface area (Å²) in [6.45, 7) is 2.31. The number of hydrogen-bond acceptors (Lipinski definition) is 3. The van der Waals surface area contributed by atoms with Gasteiger partial charge in [-0.2, -0.15) is 0 Å². The average Bonchev–Trinajstić information content (AvgIpc) is 3.35. The van der Waals surface area contributed by atoms with Crippen LogP contribution < -0.4 is 10.9 Å². The van der Waals surface area contributed by atoms with Gasteiger partial charge >= 0.3 is 0 Å². The van der Waals surface area contributed by atoms with Crippen LogP contribution in [0.25, 0.3) is 10.9 Å². The summed E-state index contributed by atoms with van der Waals surface area (Å²) in [5.74, 6) is 0.0843. The number of nitrogens with zero attached hydrogens (tertiary/aromatic N) is 1. The van der Waals surface area contributed by atoms with Crippen LogP contribution in [-0.2, 0) is 13.0 Å². The molecule has 3 aromatic rings. The summed E-state index contributed by atoms with van der Waals surface area (Å²) in [6, 6.07) is 14.2. The summed E-state index contributed by atoms with van der Waals surface area (Å²) < 4.78 is 0. The summed E-state index contributed by atoms with van der Waals surface area (Å²) in [5, 5.41) is 1.84. The molecular weight excluding hydrogens is 360 g/mol. The van der Waals surface area contributed by atoms with Crippen LogP contribution in [-0.4, -0.2) is 28.9 Å². The fraction of sp³-hybridized carbons (Fsp3) is 0.286. The number of halogens is 1. The number of benzene rings is 2. The molecule has 1 atom stereocenters. The molecule has 1 fully saturated rings. The van der Waals surface area contributed by atoms with E-state index in [1.54, 1.807) is 0 Å². The highest BCUT2D eigenvalue weighted by atomic mass is 35.5. The highest BCUT2D eigenvalue weighted by Crippen LogP contribution is 2.30. The molecule has 1 unspecified atom stereocenters. The van der Waals surface area contributed by atoms with E-state index >= 15 is 0 Å². The molecule has 5 nitrogen and oxygen atoms in total. The fourth-order valence-corrected chi connectivity index (χ4v) is 4.31. The Hall–Kier alpha value is -2.34. The molecule has 5 rings (SSSR count). The molecule has 2 aliphatic heterocycles. The quantitative estimate of drug-likeness (QED) is 0.637. The minimum atomic E-state index is 0.0843. The molecule has 0 radical (unpaired) electrons. The highest BCUT2D eigenvalue weighted by molar-refractivity contribution is 6.31. The first-order chi connectivity index (χ1) is 13.2. The first-order valence-electron chi connectivity index (χ1n) is 9.35. The number of H-pyrrole nitrogens is 1. The Bertz CT molecular complexity index is 1000. The minimum Gasteiger partial charge on any atom is -0.358 e. The van der Waals surface area contributed by atoms with E-state index in [-0.39, 0.29) is 5.91 Å². The van der Waals surface area contributed by atoms with Gasteiger partial charge < -0.3 is 9.88 Å². The van der Waals surface area contributed by atoms with Gasteiger partial charge in [0.05, 0.1) is 0 Å². The van der Waals surface area contributed by atoms with Crippen LogP contribution in [0.3, 0.4) is 0 Å². The van der Waals surface area contributed by atoms with Crippen molar-refractivity contribution in [3.8, 4) is 0 Å². The van der Waals surface area contributed by atoms with Crippen LogP contribution >= 0.6 is 11.6 Å². The number of carbonyl (C=O) groups is 1. The molecule has 3 heterocycles. The van der Waals surface area contributed by atoms with Gasteiger partial charge in [0.15, 0.2) is 0 Å². The number of hydrazine groups is 1. The molecule has 0 aliphatic carbocycles. The normalized spacial score (nSPS) is 19.4. The van der Waals surface area contributed by atoms with Crippen LogP contribution in [0.5, 0.6) is 0 Å². The molecule has 3 N–H and O–H groups in total. The SMILES string of the molecule is O=C(c1ccc(C2CCNN2)cc1)N1CCc2[nH]c3ccc(Cl)cc3c2C1. The smallest absolute Gasteiger partial charge is 0.254 e. The molecule has 138 valence electrons. The number of nitrogens with one attached hydrogen (secondary N) is 3. The molecule has 2 aromatic carbocycles. The maximum absolute atomic E-state index is 13.0. The van der Waals surface area contributed by atoms with E-state index in [1.165, 1.54) is 16.8 Å². The van der Waals surface area contributed by atoms with Crippen molar-refractivity contribution in [3.05, 3.63) is 69.9 Å². The van der Waals surface area contributed by atoms with Gasteiger partial charge in [0.25, 0.3) is 5.91 Å². The highest BCUT2D eigenvalue weighted by Gasteiger charge is 2.25. The predicted octanol–water partition coefficient (Wildman–Crippen LogP) is 3.56. The second-order valence-electron chi connectivity index (χ2n) is 7.28. The first kappa shape index (κ1) is 16.8. The van der Waals surface area contributed by atoms with Gasteiger partial charge in [0.1, 0.15) is 0 Å². The summed E-state index contributed by atoms with van der Waals surface area (Å²) in [7, 11) is 0. The topological polar surface area (TPSA) is 60.2 Å². The van der Waals surface area contributed by atoms with Crippen molar-refractivity contribution in [1.29, 1.82) is 0 Å². The molecular formula is C21H21ClN4O. The number of rotatable bonds is 2. The standard InChI is InChI=1S/C21H21ClN4O/c22-15-5-6-19-16(11-15)17-12-26(10-8-20(17)24-19)21(27)14-3-1-13(2-4-14)18-7-9-23-25-18/h1-6,11,18,23-25H,7-10,12H2. The fourth-order valence-electron chi connectivity index (χ4n) is 4.13. The lowest BCUT2D eigenvalue weighted by Gasteiger charge is -2.27. The van der Waals surface area contributed by atoms with Crippen molar-refractivity contribution >= 4 is 28.4 Å². The van der Waals surface area contributed by atoms with Crippen LogP contribution in [0, 0.1) is 0 Å². The van der Waals surface area contributed by atoms with Crippen molar-refractivity contribution in [1.82, 2.24) is 20.7 Å². The molecule has 1 aromatic heterocycles. The van der Waals surface area contributed by atoms with Crippen LogP contribution in [0.1, 0.15) is 39.6 Å². The zero-order chi connectivity index (χ0) is 18.4. The van der Waals surface area contributed by atoms with Gasteiger partial charge in [0.2, 0.25) is 0 Å². The van der Waals surface area contributed by atoms with E-state index in [4.69, 9.17) is 11.6 Å². The number of aromatic nitrogens is 1. The minimum absolute atomic E-state index is 0.0843. The number of carbonyl (C=O) groups excluding carboxylic acids is 1. The predicted molar refractivity (Wildman–Crippen MR) is 107 cm³/mol. The largest absolute Gasteiger partial charge is 0.358 e. The van der Waals surface area contributed by atoms with E-state index in [2.05, 4.69) is 28.0 Å². The van der Waals surface area contributed by atoms with E-state index in [0.717, 1.165) is 47.4 Å². The maximum atomic E-state index is 13.0. The maximum Gasteiger partial charge on any atom is 0.254 e. The summed E-state index contributed by atoms with van der Waals surface area (Å²) >= 11 is 6.18. The van der Waals surface area contributed by atoms with Gasteiger partial charge in [-0.15, -0.1) is 0 Å². The lowest BCUT2D eigenvalue weighted by atomic mass is 10.0. The van der Waals surface area contributed by atoms with Gasteiger partial charge in [-0.1, -0.05) is 23.7 Å². The number of hydrogen-bond donors (Lipinski definition) is 3. The summed E-state index contributed by atoms with van der Waals surface area (Å²) in [6.07, 6.45) is 1.90. The Labute approximate surface area is 162 Å². The molecule has 2 aliphatic rings. The van der Waals surface area contributed by atoms with Gasteiger partial charge in [0, 0.05) is 64.8 Å². The second kappa shape index (κ2) is 6.68. The van der Waals surface area contributed by atoms with Crippen molar-refractivity contribution < 1.29 is 4.79 Å². The third-order valence-corrected chi connectivity index (χ3v) is 5.85. The molecule has 0 spiro atoms. The van der Waals surface area contributed by atoms with Crippen LogP contribution in [0.4, 0.5) is 0 Å². The van der Waals surface area contributed by atoms with Crippen molar-refractivity contribution in [2.24, 2.45) is 0 Å². The lowest BCUT2D eigenvalue weighted by molar-refractivity contribution is 0.0735. The van der Waals surface area contributed by atoms with E-state index in [0.29, 0.717) is 12.6 Å².